The lowest BCUT2D eigenvalue weighted by Crippen LogP contribution is -2.48. The number of thiophene rings is 1. The summed E-state index contributed by atoms with van der Waals surface area (Å²) >= 11 is 1.19. The first-order chi connectivity index (χ1) is 13.3. The van der Waals surface area contributed by atoms with E-state index in [2.05, 4.69) is 24.1 Å². The van der Waals surface area contributed by atoms with E-state index in [1.54, 1.807) is 12.1 Å². The normalized spacial score (nSPS) is 22.0. The van der Waals surface area contributed by atoms with Crippen LogP contribution in [0, 0.1) is 5.92 Å². The highest BCUT2D eigenvalue weighted by molar-refractivity contribution is 7.91. The molecule has 28 heavy (non-hydrogen) atoms. The first kappa shape index (κ1) is 21.7. The fourth-order valence-electron chi connectivity index (χ4n) is 3.68. The van der Waals surface area contributed by atoms with Gasteiger partial charge in [0.2, 0.25) is 5.91 Å². The van der Waals surface area contributed by atoms with Crippen LogP contribution >= 0.6 is 11.3 Å². The van der Waals surface area contributed by atoms with Crippen LogP contribution in [-0.2, 0) is 26.0 Å². The number of ether oxygens (including phenoxy) is 1. The van der Waals surface area contributed by atoms with Crippen LogP contribution in [-0.4, -0.2) is 75.5 Å². The van der Waals surface area contributed by atoms with Crippen molar-refractivity contribution < 1.29 is 17.9 Å². The maximum atomic E-state index is 12.6. The van der Waals surface area contributed by atoms with Gasteiger partial charge in [-0.05, 0) is 30.9 Å². The monoisotopic (exact) mass is 429 g/mol. The van der Waals surface area contributed by atoms with Gasteiger partial charge in [0.1, 0.15) is 4.21 Å². The van der Waals surface area contributed by atoms with Crippen molar-refractivity contribution in [3.8, 4) is 0 Å². The minimum absolute atomic E-state index is 0.00545. The summed E-state index contributed by atoms with van der Waals surface area (Å²) in [7, 11) is -3.40. The molecule has 2 fully saturated rings. The summed E-state index contributed by atoms with van der Waals surface area (Å²) in [5, 5.41) is 2.93. The number of sulfonamides is 1. The van der Waals surface area contributed by atoms with Crippen molar-refractivity contribution in [1.29, 1.82) is 0 Å². The molecular formula is C19H31N3O4S2. The number of carbonyl (C=O) groups excluding carboxylic acids is 1. The van der Waals surface area contributed by atoms with Crippen molar-refractivity contribution in [2.24, 2.45) is 5.92 Å². The van der Waals surface area contributed by atoms with Crippen molar-refractivity contribution in [2.75, 3.05) is 45.9 Å². The van der Waals surface area contributed by atoms with E-state index in [4.69, 9.17) is 4.74 Å². The Bertz CT molecular complexity index is 757. The fourth-order valence-corrected chi connectivity index (χ4v) is 6.71. The lowest BCUT2D eigenvalue weighted by molar-refractivity contribution is -0.121. The Hall–Kier alpha value is -1.00. The van der Waals surface area contributed by atoms with Gasteiger partial charge in [-0.3, -0.25) is 9.69 Å². The molecule has 0 bridgehead atoms. The zero-order valence-corrected chi connectivity index (χ0v) is 18.4. The predicted molar refractivity (Wildman–Crippen MR) is 110 cm³/mol. The highest BCUT2D eigenvalue weighted by atomic mass is 32.2. The van der Waals surface area contributed by atoms with Crippen LogP contribution in [0.1, 0.15) is 31.6 Å². The highest BCUT2D eigenvalue weighted by Gasteiger charge is 2.28. The van der Waals surface area contributed by atoms with Gasteiger partial charge >= 0.3 is 0 Å². The Kier molecular flexibility index (Phi) is 7.49. The topological polar surface area (TPSA) is 79.0 Å². The Labute approximate surface area is 172 Å². The molecule has 2 saturated heterocycles. The molecule has 0 radical (unpaired) electrons. The van der Waals surface area contributed by atoms with E-state index in [9.17, 15) is 13.2 Å². The number of nitrogens with one attached hydrogen (secondary N) is 1. The van der Waals surface area contributed by atoms with Crippen molar-refractivity contribution >= 4 is 27.3 Å². The maximum Gasteiger partial charge on any atom is 0.252 e. The smallest absolute Gasteiger partial charge is 0.252 e. The molecule has 1 amide bonds. The quantitative estimate of drug-likeness (QED) is 0.678. The van der Waals surface area contributed by atoms with E-state index in [-0.39, 0.29) is 18.4 Å². The standard InChI is InChI=1S/C19H31N3O4S2/c1-15(2)13-21-9-10-26-16(14-21)12-20-18(23)11-17-5-6-19(27-17)28(24,25)22-7-3-4-8-22/h5-6,15-16H,3-4,7-14H2,1-2H3,(H,20,23). The maximum absolute atomic E-state index is 12.6. The minimum atomic E-state index is -3.40. The van der Waals surface area contributed by atoms with E-state index >= 15 is 0 Å². The summed E-state index contributed by atoms with van der Waals surface area (Å²) in [6.45, 7) is 9.56. The van der Waals surface area contributed by atoms with Crippen LogP contribution in [0.25, 0.3) is 0 Å². The molecule has 2 aliphatic heterocycles. The van der Waals surface area contributed by atoms with E-state index in [1.165, 1.54) is 15.6 Å². The largest absolute Gasteiger partial charge is 0.374 e. The van der Waals surface area contributed by atoms with Crippen LogP contribution in [0.2, 0.25) is 0 Å². The van der Waals surface area contributed by atoms with Crippen LogP contribution in [0.3, 0.4) is 0 Å². The van der Waals surface area contributed by atoms with Gasteiger partial charge in [-0.15, -0.1) is 11.3 Å². The summed E-state index contributed by atoms with van der Waals surface area (Å²) in [6, 6.07) is 3.36. The average Bonchev–Trinajstić information content (AvgIpc) is 3.32. The minimum Gasteiger partial charge on any atom is -0.374 e. The van der Waals surface area contributed by atoms with Crippen LogP contribution < -0.4 is 5.32 Å². The number of carbonyl (C=O) groups is 1. The Morgan fingerprint density at radius 1 is 1.29 bits per heavy atom. The molecule has 3 rings (SSSR count). The Morgan fingerprint density at radius 3 is 2.75 bits per heavy atom. The molecule has 1 atom stereocenters. The first-order valence-corrected chi connectivity index (χ1v) is 12.3. The van der Waals surface area contributed by atoms with Gasteiger partial charge in [-0.1, -0.05) is 13.8 Å². The molecular weight excluding hydrogens is 398 g/mol. The number of hydrogen-bond donors (Lipinski definition) is 1. The van der Waals surface area contributed by atoms with Crippen LogP contribution in [0.15, 0.2) is 16.3 Å². The van der Waals surface area contributed by atoms with Crippen molar-refractivity contribution in [3.63, 3.8) is 0 Å². The Balaban J connectivity index is 1.47. The first-order valence-electron chi connectivity index (χ1n) is 10.0. The van der Waals surface area contributed by atoms with Gasteiger partial charge < -0.3 is 10.1 Å². The summed E-state index contributed by atoms with van der Waals surface area (Å²) in [6.07, 6.45) is 2.03. The van der Waals surface area contributed by atoms with Crippen molar-refractivity contribution in [3.05, 3.63) is 17.0 Å². The molecule has 1 unspecified atom stereocenters. The number of nitrogens with zero attached hydrogens (tertiary/aromatic N) is 2. The molecule has 3 heterocycles. The summed E-state index contributed by atoms with van der Waals surface area (Å²) < 4.78 is 32.8. The third-order valence-electron chi connectivity index (χ3n) is 5.00. The van der Waals surface area contributed by atoms with E-state index < -0.39 is 10.0 Å². The van der Waals surface area contributed by atoms with Crippen molar-refractivity contribution in [2.45, 2.75) is 43.4 Å². The second-order valence-corrected chi connectivity index (χ2v) is 11.3. The third-order valence-corrected chi connectivity index (χ3v) is 8.46. The van der Waals surface area contributed by atoms with Crippen LogP contribution in [0.4, 0.5) is 0 Å². The number of morpholine rings is 1. The second kappa shape index (κ2) is 9.67. The van der Waals surface area contributed by atoms with E-state index in [0.29, 0.717) is 36.4 Å². The molecule has 0 aromatic carbocycles. The summed E-state index contributed by atoms with van der Waals surface area (Å²) in [4.78, 5) is 15.4. The Morgan fingerprint density at radius 2 is 2.04 bits per heavy atom. The van der Waals surface area contributed by atoms with Gasteiger partial charge in [0.25, 0.3) is 10.0 Å². The molecule has 7 nitrogen and oxygen atoms in total. The molecule has 1 N–H and O–H groups in total. The number of amides is 1. The second-order valence-electron chi connectivity index (χ2n) is 7.96. The average molecular weight is 430 g/mol. The number of rotatable bonds is 8. The predicted octanol–water partition coefficient (Wildman–Crippen LogP) is 1.55. The molecule has 0 spiro atoms. The van der Waals surface area contributed by atoms with Crippen LogP contribution in [0.5, 0.6) is 0 Å². The zero-order valence-electron chi connectivity index (χ0n) is 16.7. The van der Waals surface area contributed by atoms with Gasteiger partial charge in [0.05, 0.1) is 19.1 Å². The molecule has 158 valence electrons. The molecule has 1 aromatic rings. The lowest BCUT2D eigenvalue weighted by Gasteiger charge is -2.33. The highest BCUT2D eigenvalue weighted by Crippen LogP contribution is 2.27. The third kappa shape index (κ3) is 5.76. The number of hydrogen-bond acceptors (Lipinski definition) is 6. The molecule has 0 saturated carbocycles. The summed E-state index contributed by atoms with van der Waals surface area (Å²) in [5.41, 5.74) is 0. The molecule has 9 heteroatoms. The molecule has 2 aliphatic rings. The SMILES string of the molecule is CC(C)CN1CCOC(CNC(=O)Cc2ccc(S(=O)(=O)N3CCCC3)s2)C1. The molecule has 0 aliphatic carbocycles. The fraction of sp³-hybridized carbons (Fsp3) is 0.737. The summed E-state index contributed by atoms with van der Waals surface area (Å²) in [5.74, 6) is 0.509. The van der Waals surface area contributed by atoms with Gasteiger partial charge in [0, 0.05) is 44.1 Å². The van der Waals surface area contributed by atoms with E-state index in [0.717, 1.165) is 37.4 Å². The lowest BCUT2D eigenvalue weighted by atomic mass is 10.2. The molecule has 1 aromatic heterocycles. The van der Waals surface area contributed by atoms with E-state index in [1.807, 2.05) is 0 Å². The van der Waals surface area contributed by atoms with Crippen molar-refractivity contribution in [1.82, 2.24) is 14.5 Å². The van der Waals surface area contributed by atoms with Gasteiger partial charge in [0.15, 0.2) is 0 Å². The zero-order chi connectivity index (χ0) is 20.1. The van der Waals surface area contributed by atoms with Gasteiger partial charge in [-0.2, -0.15) is 4.31 Å². The van der Waals surface area contributed by atoms with Gasteiger partial charge in [-0.25, -0.2) is 8.42 Å².